The third kappa shape index (κ3) is 1.92. The van der Waals surface area contributed by atoms with E-state index in [1.807, 2.05) is 6.92 Å². The second kappa shape index (κ2) is 4.48. The van der Waals surface area contributed by atoms with Gasteiger partial charge in [-0.3, -0.25) is 9.20 Å². The molecule has 94 valence electrons. The molecule has 0 spiro atoms. The van der Waals surface area contributed by atoms with E-state index in [2.05, 4.69) is 4.98 Å². The molecule has 2 aromatic heterocycles. The summed E-state index contributed by atoms with van der Waals surface area (Å²) in [6.45, 7) is 3.54. The normalized spacial score (nSPS) is 10.6. The summed E-state index contributed by atoms with van der Waals surface area (Å²) in [5, 5.41) is 9.63. The van der Waals surface area contributed by atoms with Gasteiger partial charge in [0, 0.05) is 6.20 Å². The van der Waals surface area contributed by atoms with Crippen molar-refractivity contribution in [2.24, 2.45) is 0 Å². The van der Waals surface area contributed by atoms with Crippen LogP contribution in [0.15, 0.2) is 23.1 Å². The Balaban J connectivity index is 2.75. The SMILES string of the molecule is CCOC(=O)c1c(O)nc2ccc(C)cn2c1=O. The van der Waals surface area contributed by atoms with E-state index in [0.717, 1.165) is 5.56 Å². The van der Waals surface area contributed by atoms with Gasteiger partial charge in [-0.25, -0.2) is 4.79 Å². The van der Waals surface area contributed by atoms with Crippen LogP contribution < -0.4 is 5.56 Å². The lowest BCUT2D eigenvalue weighted by molar-refractivity contribution is 0.0519. The third-order valence-corrected chi connectivity index (χ3v) is 2.43. The Morgan fingerprint density at radius 1 is 1.50 bits per heavy atom. The molecule has 1 N–H and O–H groups in total. The van der Waals surface area contributed by atoms with E-state index in [0.29, 0.717) is 0 Å². The first-order valence-electron chi connectivity index (χ1n) is 5.43. The number of carbonyl (C=O) groups excluding carboxylic acids is 1. The van der Waals surface area contributed by atoms with E-state index >= 15 is 0 Å². The van der Waals surface area contributed by atoms with Crippen LogP contribution in [-0.4, -0.2) is 27.1 Å². The Morgan fingerprint density at radius 3 is 2.89 bits per heavy atom. The molecule has 0 aliphatic heterocycles. The Bertz CT molecular complexity index is 676. The molecule has 0 bridgehead atoms. The highest BCUT2D eigenvalue weighted by atomic mass is 16.5. The number of rotatable bonds is 2. The largest absolute Gasteiger partial charge is 0.492 e. The molecule has 0 saturated carbocycles. The monoisotopic (exact) mass is 248 g/mol. The number of hydrogen-bond donors (Lipinski definition) is 1. The number of esters is 1. The maximum absolute atomic E-state index is 12.1. The van der Waals surface area contributed by atoms with Gasteiger partial charge in [-0.1, -0.05) is 6.07 Å². The fraction of sp³-hybridized carbons (Fsp3) is 0.250. The van der Waals surface area contributed by atoms with Crippen LogP contribution in [0.1, 0.15) is 22.8 Å². The first-order chi connectivity index (χ1) is 8.54. The number of pyridine rings is 1. The molecular weight excluding hydrogens is 236 g/mol. The second-order valence-electron chi connectivity index (χ2n) is 3.77. The molecule has 0 fully saturated rings. The summed E-state index contributed by atoms with van der Waals surface area (Å²) < 4.78 is 5.93. The lowest BCUT2D eigenvalue weighted by atomic mass is 10.3. The second-order valence-corrected chi connectivity index (χ2v) is 3.77. The van der Waals surface area contributed by atoms with Crippen LogP contribution in [0.25, 0.3) is 5.65 Å². The maximum Gasteiger partial charge on any atom is 0.349 e. The van der Waals surface area contributed by atoms with Gasteiger partial charge in [-0.15, -0.1) is 0 Å². The zero-order chi connectivity index (χ0) is 13.3. The Kier molecular flexibility index (Phi) is 3.01. The standard InChI is InChI=1S/C12H12N2O4/c1-3-18-12(17)9-10(15)13-8-5-4-7(2)6-14(8)11(9)16/h4-6,15H,3H2,1-2H3. The van der Waals surface area contributed by atoms with Crippen LogP contribution in [0.5, 0.6) is 5.88 Å². The van der Waals surface area contributed by atoms with Crippen molar-refractivity contribution in [1.82, 2.24) is 9.38 Å². The number of aromatic nitrogens is 2. The van der Waals surface area contributed by atoms with E-state index in [9.17, 15) is 14.7 Å². The zero-order valence-electron chi connectivity index (χ0n) is 10.0. The predicted molar refractivity (Wildman–Crippen MR) is 63.8 cm³/mol. The van der Waals surface area contributed by atoms with Crippen LogP contribution >= 0.6 is 0 Å². The van der Waals surface area contributed by atoms with Crippen LogP contribution in [0.2, 0.25) is 0 Å². The molecule has 0 aliphatic rings. The van der Waals surface area contributed by atoms with Gasteiger partial charge in [0.2, 0.25) is 5.88 Å². The Labute approximate surface area is 102 Å². The molecule has 0 unspecified atom stereocenters. The molecule has 6 heteroatoms. The van der Waals surface area contributed by atoms with Gasteiger partial charge in [0.1, 0.15) is 5.65 Å². The number of hydrogen-bond acceptors (Lipinski definition) is 5. The molecule has 18 heavy (non-hydrogen) atoms. The van der Waals surface area contributed by atoms with E-state index in [1.54, 1.807) is 25.3 Å². The van der Waals surface area contributed by atoms with Gasteiger partial charge >= 0.3 is 5.97 Å². The fourth-order valence-electron chi connectivity index (χ4n) is 1.62. The van der Waals surface area contributed by atoms with Crippen molar-refractivity contribution in [3.05, 3.63) is 39.8 Å². The minimum atomic E-state index is -0.872. The number of nitrogens with zero attached hydrogens (tertiary/aromatic N) is 2. The number of aryl methyl sites for hydroxylation is 1. The van der Waals surface area contributed by atoms with Gasteiger partial charge in [-0.05, 0) is 25.5 Å². The smallest absolute Gasteiger partial charge is 0.349 e. The zero-order valence-corrected chi connectivity index (χ0v) is 10.0. The minimum Gasteiger partial charge on any atom is -0.492 e. The first-order valence-corrected chi connectivity index (χ1v) is 5.43. The Morgan fingerprint density at radius 2 is 2.22 bits per heavy atom. The average Bonchev–Trinajstić information content (AvgIpc) is 2.31. The van der Waals surface area contributed by atoms with Gasteiger partial charge in [0.25, 0.3) is 5.56 Å². The van der Waals surface area contributed by atoms with Crippen molar-refractivity contribution in [2.75, 3.05) is 6.61 Å². The minimum absolute atomic E-state index is 0.119. The maximum atomic E-state index is 12.1. The third-order valence-electron chi connectivity index (χ3n) is 2.43. The summed E-state index contributed by atoms with van der Waals surface area (Å²) in [7, 11) is 0. The topological polar surface area (TPSA) is 80.9 Å². The van der Waals surface area contributed by atoms with Crippen molar-refractivity contribution in [1.29, 1.82) is 0 Å². The van der Waals surface area contributed by atoms with E-state index in [1.165, 1.54) is 4.40 Å². The highest BCUT2D eigenvalue weighted by molar-refractivity contribution is 5.91. The summed E-state index contributed by atoms with van der Waals surface area (Å²) in [6.07, 6.45) is 1.55. The van der Waals surface area contributed by atoms with Crippen molar-refractivity contribution in [2.45, 2.75) is 13.8 Å². The molecule has 0 aromatic carbocycles. The number of carbonyl (C=O) groups is 1. The summed E-state index contributed by atoms with van der Waals surface area (Å²) in [6, 6.07) is 3.34. The van der Waals surface area contributed by atoms with Crippen LogP contribution in [0, 0.1) is 6.92 Å². The summed E-state index contributed by atoms with van der Waals surface area (Å²) in [5.41, 5.74) is 0.0302. The first kappa shape index (κ1) is 12.1. The van der Waals surface area contributed by atoms with Crippen LogP contribution in [0.3, 0.4) is 0 Å². The van der Waals surface area contributed by atoms with Gasteiger partial charge in [-0.2, -0.15) is 4.98 Å². The van der Waals surface area contributed by atoms with Gasteiger partial charge in [0.05, 0.1) is 6.61 Å². The highest BCUT2D eigenvalue weighted by Crippen LogP contribution is 2.12. The molecule has 0 saturated heterocycles. The lowest BCUT2D eigenvalue weighted by Crippen LogP contribution is -2.24. The van der Waals surface area contributed by atoms with Crippen molar-refractivity contribution < 1.29 is 14.6 Å². The van der Waals surface area contributed by atoms with Crippen LogP contribution in [-0.2, 0) is 4.74 Å². The number of ether oxygens (including phenoxy) is 1. The average molecular weight is 248 g/mol. The van der Waals surface area contributed by atoms with E-state index < -0.39 is 23.0 Å². The van der Waals surface area contributed by atoms with Crippen molar-refractivity contribution in [3.63, 3.8) is 0 Å². The molecule has 6 nitrogen and oxygen atoms in total. The highest BCUT2D eigenvalue weighted by Gasteiger charge is 2.20. The molecule has 0 aliphatic carbocycles. The molecule has 2 aromatic rings. The predicted octanol–water partition coefficient (Wildman–Crippen LogP) is 0.885. The summed E-state index contributed by atoms with van der Waals surface area (Å²) >= 11 is 0. The fourth-order valence-corrected chi connectivity index (χ4v) is 1.62. The molecule has 0 atom stereocenters. The summed E-state index contributed by atoms with van der Waals surface area (Å²) in [4.78, 5) is 27.5. The van der Waals surface area contributed by atoms with E-state index in [4.69, 9.17) is 4.74 Å². The van der Waals surface area contributed by atoms with Crippen LogP contribution in [0.4, 0.5) is 0 Å². The van der Waals surface area contributed by atoms with Crippen molar-refractivity contribution >= 4 is 11.6 Å². The quantitative estimate of drug-likeness (QED) is 0.798. The lowest BCUT2D eigenvalue weighted by Gasteiger charge is -2.06. The van der Waals surface area contributed by atoms with Crippen molar-refractivity contribution in [3.8, 4) is 5.88 Å². The molecule has 2 heterocycles. The molecular formula is C12H12N2O4. The molecule has 0 radical (unpaired) electrons. The summed E-state index contributed by atoms with van der Waals surface area (Å²) in [5.74, 6) is -1.48. The molecule has 2 rings (SSSR count). The van der Waals surface area contributed by atoms with Gasteiger partial charge in [0.15, 0.2) is 5.56 Å². The number of aromatic hydroxyl groups is 1. The number of fused-ring (bicyclic) bond motifs is 1. The molecule has 0 amide bonds. The Hall–Kier alpha value is -2.37. The van der Waals surface area contributed by atoms with Gasteiger partial charge < -0.3 is 9.84 Å². The van der Waals surface area contributed by atoms with E-state index in [-0.39, 0.29) is 12.3 Å².